The first-order chi connectivity index (χ1) is 9.27. The van der Waals surface area contributed by atoms with E-state index < -0.39 is 16.0 Å². The van der Waals surface area contributed by atoms with Gasteiger partial charge in [0.15, 0.2) is 8.68 Å². The van der Waals surface area contributed by atoms with Gasteiger partial charge in [0.1, 0.15) is 6.54 Å². The van der Waals surface area contributed by atoms with Crippen molar-refractivity contribution in [2.24, 2.45) is 5.92 Å². The Balaban J connectivity index is 3.00. The van der Waals surface area contributed by atoms with Crippen molar-refractivity contribution < 1.29 is 17.9 Å². The molecule has 0 bridgehead atoms. The lowest BCUT2D eigenvalue weighted by molar-refractivity contribution is -0.143. The van der Waals surface area contributed by atoms with Crippen LogP contribution in [-0.4, -0.2) is 43.4 Å². The normalized spacial score (nSPS) is 12.1. The molecule has 0 radical (unpaired) electrons. The van der Waals surface area contributed by atoms with Gasteiger partial charge in [0.05, 0.1) is 12.8 Å². The highest BCUT2D eigenvalue weighted by atomic mass is 35.5. The van der Waals surface area contributed by atoms with E-state index in [0.717, 1.165) is 15.6 Å². The van der Waals surface area contributed by atoms with Crippen LogP contribution in [0.15, 0.2) is 10.4 Å². The highest BCUT2D eigenvalue weighted by Crippen LogP contribution is 2.26. The van der Waals surface area contributed by atoms with Crippen LogP contribution in [0.25, 0.3) is 0 Å². The van der Waals surface area contributed by atoms with Crippen LogP contribution < -0.4 is 0 Å². The zero-order valence-electron chi connectivity index (χ0n) is 11.5. The molecular weight excluding hydrogens is 324 g/mol. The van der Waals surface area contributed by atoms with Crippen LogP contribution in [0, 0.1) is 5.92 Å². The van der Waals surface area contributed by atoms with Crippen LogP contribution >= 0.6 is 22.9 Å². The summed E-state index contributed by atoms with van der Waals surface area (Å²) in [6.45, 7) is 5.52. The SMILES string of the molecule is CCOC(=O)CN(CC(C)C)S(=O)(=O)c1cnc(Cl)s1. The topological polar surface area (TPSA) is 76.6 Å². The highest BCUT2D eigenvalue weighted by Gasteiger charge is 2.29. The van der Waals surface area contributed by atoms with Crippen molar-refractivity contribution in [3.05, 3.63) is 10.7 Å². The summed E-state index contributed by atoms with van der Waals surface area (Å²) in [4.78, 5) is 15.3. The average molecular weight is 341 g/mol. The quantitative estimate of drug-likeness (QED) is 0.709. The predicted octanol–water partition coefficient (Wildman–Crippen LogP) is 2.01. The van der Waals surface area contributed by atoms with E-state index in [9.17, 15) is 13.2 Å². The molecule has 114 valence electrons. The van der Waals surface area contributed by atoms with E-state index in [1.807, 2.05) is 13.8 Å². The molecule has 0 N–H and O–H groups in total. The third-order valence-corrected chi connectivity index (χ3v) is 5.59. The van der Waals surface area contributed by atoms with Gasteiger partial charge in [0.25, 0.3) is 10.0 Å². The summed E-state index contributed by atoms with van der Waals surface area (Å²) in [5.41, 5.74) is 0. The number of thiazole rings is 1. The molecule has 0 amide bonds. The third-order valence-electron chi connectivity index (χ3n) is 2.23. The van der Waals surface area contributed by atoms with Gasteiger partial charge in [-0.1, -0.05) is 36.8 Å². The van der Waals surface area contributed by atoms with E-state index in [-0.39, 0.29) is 34.3 Å². The number of ether oxygens (including phenoxy) is 1. The lowest BCUT2D eigenvalue weighted by Gasteiger charge is -2.21. The third kappa shape index (κ3) is 4.69. The van der Waals surface area contributed by atoms with Gasteiger partial charge in [-0.2, -0.15) is 4.31 Å². The molecule has 1 rings (SSSR count). The number of carbonyl (C=O) groups is 1. The number of hydrogen-bond donors (Lipinski definition) is 0. The Morgan fingerprint density at radius 2 is 2.20 bits per heavy atom. The van der Waals surface area contributed by atoms with Crippen molar-refractivity contribution in [3.63, 3.8) is 0 Å². The van der Waals surface area contributed by atoms with Crippen molar-refractivity contribution in [2.45, 2.75) is 25.0 Å². The molecular formula is C11H17ClN2O4S2. The minimum atomic E-state index is -3.78. The van der Waals surface area contributed by atoms with E-state index in [4.69, 9.17) is 16.3 Å². The van der Waals surface area contributed by atoms with E-state index >= 15 is 0 Å². The smallest absolute Gasteiger partial charge is 0.321 e. The van der Waals surface area contributed by atoms with Crippen molar-refractivity contribution in [1.82, 2.24) is 9.29 Å². The first kappa shape index (κ1) is 17.4. The summed E-state index contributed by atoms with van der Waals surface area (Å²) in [6, 6.07) is 0. The number of sulfonamides is 1. The molecule has 6 nitrogen and oxygen atoms in total. The van der Waals surface area contributed by atoms with Gasteiger partial charge in [-0.15, -0.1) is 0 Å². The molecule has 20 heavy (non-hydrogen) atoms. The number of carbonyl (C=O) groups excluding carboxylic acids is 1. The summed E-state index contributed by atoms with van der Waals surface area (Å²) < 4.78 is 31.0. The second kappa shape index (κ2) is 7.35. The van der Waals surface area contributed by atoms with E-state index in [2.05, 4.69) is 4.98 Å². The van der Waals surface area contributed by atoms with E-state index in [1.54, 1.807) is 6.92 Å². The van der Waals surface area contributed by atoms with Gasteiger partial charge in [-0.25, -0.2) is 13.4 Å². The Labute approximate surface area is 127 Å². The molecule has 1 heterocycles. The van der Waals surface area contributed by atoms with Crippen LogP contribution in [0.4, 0.5) is 0 Å². The molecule has 0 saturated carbocycles. The number of rotatable bonds is 7. The number of aromatic nitrogens is 1. The van der Waals surface area contributed by atoms with Crippen LogP contribution in [0.5, 0.6) is 0 Å². The molecule has 1 aromatic heterocycles. The Morgan fingerprint density at radius 1 is 1.55 bits per heavy atom. The fourth-order valence-corrected chi connectivity index (χ4v) is 4.49. The fraction of sp³-hybridized carbons (Fsp3) is 0.636. The number of esters is 1. The van der Waals surface area contributed by atoms with Crippen molar-refractivity contribution in [1.29, 1.82) is 0 Å². The van der Waals surface area contributed by atoms with Crippen LogP contribution in [-0.2, 0) is 19.6 Å². The largest absolute Gasteiger partial charge is 0.465 e. The number of nitrogens with zero attached hydrogens (tertiary/aromatic N) is 2. The van der Waals surface area contributed by atoms with E-state index in [1.165, 1.54) is 6.20 Å². The van der Waals surface area contributed by atoms with Gasteiger partial charge in [0.2, 0.25) is 0 Å². The minimum Gasteiger partial charge on any atom is -0.465 e. The molecule has 0 atom stereocenters. The summed E-state index contributed by atoms with van der Waals surface area (Å²) in [7, 11) is -3.78. The summed E-state index contributed by atoms with van der Waals surface area (Å²) in [5, 5.41) is 0. The monoisotopic (exact) mass is 340 g/mol. The molecule has 9 heteroatoms. The maximum Gasteiger partial charge on any atom is 0.321 e. The summed E-state index contributed by atoms with van der Waals surface area (Å²) in [5.74, 6) is -0.505. The Hall–Kier alpha value is -0.700. The highest BCUT2D eigenvalue weighted by molar-refractivity contribution is 7.91. The van der Waals surface area contributed by atoms with Crippen molar-refractivity contribution in [3.8, 4) is 0 Å². The maximum absolute atomic E-state index is 12.5. The maximum atomic E-state index is 12.5. The second-order valence-electron chi connectivity index (χ2n) is 4.43. The average Bonchev–Trinajstić information content (AvgIpc) is 2.75. The van der Waals surface area contributed by atoms with Gasteiger partial charge in [-0.05, 0) is 12.8 Å². The van der Waals surface area contributed by atoms with Crippen molar-refractivity contribution >= 4 is 38.9 Å². The van der Waals surface area contributed by atoms with Crippen LogP contribution in [0.2, 0.25) is 4.47 Å². The van der Waals surface area contributed by atoms with Crippen LogP contribution in [0.1, 0.15) is 20.8 Å². The lowest BCUT2D eigenvalue weighted by atomic mass is 10.2. The molecule has 1 aromatic rings. The first-order valence-corrected chi connectivity index (χ1v) is 8.68. The van der Waals surface area contributed by atoms with Gasteiger partial charge in [0, 0.05) is 6.54 Å². The second-order valence-corrected chi connectivity index (χ2v) is 8.21. The van der Waals surface area contributed by atoms with E-state index in [0.29, 0.717) is 0 Å². The molecule has 0 aliphatic heterocycles. The summed E-state index contributed by atoms with van der Waals surface area (Å²) in [6.07, 6.45) is 1.20. The summed E-state index contributed by atoms with van der Waals surface area (Å²) >= 11 is 6.53. The molecule has 0 aliphatic rings. The fourth-order valence-electron chi connectivity index (χ4n) is 1.49. The molecule has 0 aromatic carbocycles. The minimum absolute atomic E-state index is 0.0208. The van der Waals surface area contributed by atoms with Crippen LogP contribution in [0.3, 0.4) is 0 Å². The zero-order chi connectivity index (χ0) is 15.3. The Morgan fingerprint density at radius 3 is 2.65 bits per heavy atom. The molecule has 0 unspecified atom stereocenters. The lowest BCUT2D eigenvalue weighted by Crippen LogP contribution is -2.38. The zero-order valence-corrected chi connectivity index (χ0v) is 13.9. The van der Waals surface area contributed by atoms with Crippen molar-refractivity contribution in [2.75, 3.05) is 19.7 Å². The number of halogens is 1. The molecule has 0 saturated heterocycles. The molecule has 0 aliphatic carbocycles. The van der Waals surface area contributed by atoms with Gasteiger partial charge < -0.3 is 4.74 Å². The Kier molecular flexibility index (Phi) is 6.38. The molecule has 0 fully saturated rings. The Bertz CT molecular complexity index is 557. The number of hydrogen-bond acceptors (Lipinski definition) is 6. The van der Waals surface area contributed by atoms with Gasteiger partial charge >= 0.3 is 5.97 Å². The standard InChI is InChI=1S/C11H17ClN2O4S2/c1-4-18-9(15)7-14(6-8(2)3)20(16,17)10-5-13-11(12)19-10/h5,8H,4,6-7H2,1-3H3. The predicted molar refractivity (Wildman–Crippen MR) is 77.4 cm³/mol. The first-order valence-electron chi connectivity index (χ1n) is 6.04. The molecule has 0 spiro atoms. The van der Waals surface area contributed by atoms with Gasteiger partial charge in [-0.3, -0.25) is 4.79 Å².